The topological polar surface area (TPSA) is 164 Å². The van der Waals surface area contributed by atoms with E-state index in [9.17, 15) is 42.9 Å². The summed E-state index contributed by atoms with van der Waals surface area (Å²) >= 11 is 0. The normalized spacial score (nSPS) is 12.5. The Morgan fingerprint density at radius 3 is 2.24 bits per heavy atom. The van der Waals surface area contributed by atoms with Crippen LogP contribution in [0, 0.1) is 0 Å². The molecule has 14 heteroatoms. The van der Waals surface area contributed by atoms with Gasteiger partial charge in [-0.1, -0.05) is 72.8 Å². The van der Waals surface area contributed by atoms with Gasteiger partial charge >= 0.3 is 12.3 Å². The van der Waals surface area contributed by atoms with Crippen LogP contribution in [-0.4, -0.2) is 56.8 Å². The van der Waals surface area contributed by atoms with Gasteiger partial charge < -0.3 is 40.6 Å². The van der Waals surface area contributed by atoms with Crippen LogP contribution >= 0.6 is 0 Å². The number of aliphatic hydroxyl groups excluding tert-OH is 1. The minimum absolute atomic E-state index is 0.0548. The molecule has 0 saturated heterocycles. The summed E-state index contributed by atoms with van der Waals surface area (Å²) in [6.07, 6.45) is -6.20. The third-order valence-electron chi connectivity index (χ3n) is 9.53. The fourth-order valence-corrected chi connectivity index (χ4v) is 6.57. The first-order valence-corrected chi connectivity index (χ1v) is 18.4. The number of phenols is 1. The molecular formula is C44H41F3N4O7. The lowest BCUT2D eigenvalue weighted by Crippen LogP contribution is -2.33. The lowest BCUT2D eigenvalue weighted by Gasteiger charge is -2.24. The Morgan fingerprint density at radius 1 is 0.828 bits per heavy atom. The van der Waals surface area contributed by atoms with Crippen molar-refractivity contribution in [3.8, 4) is 11.5 Å². The lowest BCUT2D eigenvalue weighted by atomic mass is 9.98. The van der Waals surface area contributed by atoms with Gasteiger partial charge in [0.05, 0.1) is 23.2 Å². The number of aliphatic hydroxyl groups is 1. The number of hydrogen-bond donors (Lipinski definition) is 6. The second kappa shape index (κ2) is 18.5. The van der Waals surface area contributed by atoms with E-state index in [1.165, 1.54) is 30.3 Å². The number of H-pyrrole nitrogens is 1. The molecule has 0 aliphatic carbocycles. The van der Waals surface area contributed by atoms with Crippen LogP contribution in [0.5, 0.6) is 11.5 Å². The Hall–Kier alpha value is -6.64. The molecule has 6 rings (SSSR count). The SMILES string of the molecule is O=C(O)N[C@@H](c1ccccc1)c1cccc(OCc2ccc(C(=O)N(CCCNC[C@H](O)c3ccc(O)c4[nH]c(=O)ccc34)Cc3ccc(C(F)(F)F)cc3)cc2)c1. The third kappa shape index (κ3) is 10.6. The van der Waals surface area contributed by atoms with Crippen LogP contribution in [0.4, 0.5) is 18.0 Å². The summed E-state index contributed by atoms with van der Waals surface area (Å²) in [5.41, 5.74) is 2.64. The van der Waals surface area contributed by atoms with Crippen molar-refractivity contribution in [2.45, 2.75) is 37.9 Å². The number of benzene rings is 5. The van der Waals surface area contributed by atoms with Gasteiger partial charge in [-0.3, -0.25) is 9.59 Å². The predicted molar refractivity (Wildman–Crippen MR) is 212 cm³/mol. The number of amides is 2. The molecule has 11 nitrogen and oxygen atoms in total. The van der Waals surface area contributed by atoms with Gasteiger partial charge in [-0.2, -0.15) is 13.2 Å². The third-order valence-corrected chi connectivity index (χ3v) is 9.53. The van der Waals surface area contributed by atoms with Gasteiger partial charge in [0.25, 0.3) is 5.91 Å². The Balaban J connectivity index is 1.09. The van der Waals surface area contributed by atoms with Crippen molar-refractivity contribution in [3.63, 3.8) is 0 Å². The summed E-state index contributed by atoms with van der Waals surface area (Å²) in [6.45, 7) is 0.974. The molecule has 0 aliphatic rings. The number of rotatable bonds is 16. The number of nitrogens with zero attached hydrogens (tertiary/aromatic N) is 1. The molecule has 0 spiro atoms. The summed E-state index contributed by atoms with van der Waals surface area (Å²) in [6, 6.07) is 32.9. The Labute approximate surface area is 331 Å². The lowest BCUT2D eigenvalue weighted by molar-refractivity contribution is -0.137. The Morgan fingerprint density at radius 2 is 1.53 bits per heavy atom. The fourth-order valence-electron chi connectivity index (χ4n) is 6.57. The predicted octanol–water partition coefficient (Wildman–Crippen LogP) is 7.54. The summed E-state index contributed by atoms with van der Waals surface area (Å²) in [4.78, 5) is 41.3. The van der Waals surface area contributed by atoms with Crippen LogP contribution in [-0.2, 0) is 19.3 Å². The molecular weight excluding hydrogens is 753 g/mol. The van der Waals surface area contributed by atoms with Gasteiger partial charge in [-0.05, 0) is 89.3 Å². The van der Waals surface area contributed by atoms with Gasteiger partial charge in [0.1, 0.15) is 18.1 Å². The van der Waals surface area contributed by atoms with Gasteiger partial charge in [0.15, 0.2) is 0 Å². The standard InChI is InChI=1S/C44H41F3N4O7/c45-44(46,47)33-16-12-28(13-17-33)26-51(23-5-22-48-25-38(53)35-18-20-37(52)41-36(35)19-21-39(54)49-41)42(55)31-14-10-29(11-15-31)27-58-34-9-4-8-32(24-34)40(50-43(56)57)30-6-2-1-3-7-30/h1-4,6-21,24,38,40,48,50,52-53H,5,22-23,25-27H2,(H,49,54)(H,56,57)/t38-,40-/m0/s1. The zero-order chi connectivity index (χ0) is 41.2. The summed E-state index contributed by atoms with van der Waals surface area (Å²) in [5, 5.41) is 36.8. The van der Waals surface area contributed by atoms with Crippen LogP contribution in [0.1, 0.15) is 62.3 Å². The van der Waals surface area contributed by atoms with Crippen LogP contribution < -0.4 is 20.9 Å². The van der Waals surface area contributed by atoms with Crippen LogP contribution in [0.3, 0.4) is 0 Å². The zero-order valence-corrected chi connectivity index (χ0v) is 31.1. The summed E-state index contributed by atoms with van der Waals surface area (Å²) < 4.78 is 45.8. The number of hydrogen-bond acceptors (Lipinski definition) is 7. The highest BCUT2D eigenvalue weighted by Gasteiger charge is 2.30. The number of ether oxygens (including phenoxy) is 1. The average Bonchev–Trinajstić information content (AvgIpc) is 3.22. The number of halogens is 3. The number of aromatic hydroxyl groups is 1. The smallest absolute Gasteiger partial charge is 0.416 e. The first-order chi connectivity index (χ1) is 27.9. The number of pyridine rings is 1. The molecule has 0 radical (unpaired) electrons. The number of nitrogens with one attached hydrogen (secondary N) is 3. The number of carbonyl (C=O) groups is 2. The van der Waals surface area contributed by atoms with Crippen LogP contribution in [0.2, 0.25) is 0 Å². The molecule has 1 heterocycles. The van der Waals surface area contributed by atoms with E-state index < -0.39 is 35.5 Å². The molecule has 0 aliphatic heterocycles. The second-order valence-electron chi connectivity index (χ2n) is 13.6. The van der Waals surface area contributed by atoms with Gasteiger partial charge in [0, 0.05) is 36.7 Å². The molecule has 1 aromatic heterocycles. The number of fused-ring (bicyclic) bond motifs is 1. The Bertz CT molecular complexity index is 2390. The van der Waals surface area contributed by atoms with Gasteiger partial charge in [0.2, 0.25) is 5.56 Å². The molecule has 0 fully saturated rings. The molecule has 2 amide bonds. The average molecular weight is 795 g/mol. The molecule has 0 bridgehead atoms. The van der Waals surface area contributed by atoms with E-state index in [0.717, 1.165) is 23.3 Å². The van der Waals surface area contributed by atoms with Crippen molar-refractivity contribution in [3.05, 3.63) is 177 Å². The quantitative estimate of drug-likeness (QED) is 0.0548. The van der Waals surface area contributed by atoms with E-state index >= 15 is 0 Å². The number of aromatic nitrogens is 1. The van der Waals surface area contributed by atoms with Gasteiger partial charge in [-0.15, -0.1) is 0 Å². The maximum Gasteiger partial charge on any atom is 0.416 e. The van der Waals surface area contributed by atoms with Crippen molar-refractivity contribution in [1.82, 2.24) is 20.5 Å². The molecule has 58 heavy (non-hydrogen) atoms. The Kier molecular flexibility index (Phi) is 13.1. The highest BCUT2D eigenvalue weighted by Crippen LogP contribution is 2.31. The molecule has 0 unspecified atom stereocenters. The number of alkyl halides is 3. The van der Waals surface area contributed by atoms with E-state index in [4.69, 9.17) is 4.74 Å². The summed E-state index contributed by atoms with van der Waals surface area (Å²) in [5.74, 6) is 0.0645. The number of carbonyl (C=O) groups excluding carboxylic acids is 1. The molecule has 5 aromatic carbocycles. The van der Waals surface area contributed by atoms with Crippen LogP contribution in [0.25, 0.3) is 10.9 Å². The maximum atomic E-state index is 13.9. The molecule has 2 atom stereocenters. The monoisotopic (exact) mass is 794 g/mol. The number of carboxylic acid groups (broad SMARTS) is 1. The van der Waals surface area contributed by atoms with E-state index in [1.807, 2.05) is 30.3 Å². The van der Waals surface area contributed by atoms with Crippen molar-refractivity contribution < 1.29 is 42.8 Å². The highest BCUT2D eigenvalue weighted by atomic mass is 19.4. The minimum Gasteiger partial charge on any atom is -0.506 e. The van der Waals surface area contributed by atoms with E-state index in [2.05, 4.69) is 15.6 Å². The maximum absolute atomic E-state index is 13.9. The number of phenolic OH excluding ortho intramolecular Hbond substituents is 1. The first-order valence-electron chi connectivity index (χ1n) is 18.4. The van der Waals surface area contributed by atoms with Crippen molar-refractivity contribution in [2.75, 3.05) is 19.6 Å². The van der Waals surface area contributed by atoms with Crippen molar-refractivity contribution in [2.24, 2.45) is 0 Å². The van der Waals surface area contributed by atoms with Crippen molar-refractivity contribution >= 4 is 22.9 Å². The number of aromatic amines is 1. The second-order valence-corrected chi connectivity index (χ2v) is 13.6. The highest BCUT2D eigenvalue weighted by molar-refractivity contribution is 5.94. The molecule has 300 valence electrons. The van der Waals surface area contributed by atoms with Crippen LogP contribution in [0.15, 0.2) is 132 Å². The first kappa shape index (κ1) is 41.0. The molecule has 6 aromatic rings. The fraction of sp³-hybridized carbons (Fsp3) is 0.205. The largest absolute Gasteiger partial charge is 0.506 e. The minimum atomic E-state index is -4.50. The molecule has 0 saturated carbocycles. The van der Waals surface area contributed by atoms with E-state index in [1.54, 1.807) is 59.5 Å². The summed E-state index contributed by atoms with van der Waals surface area (Å²) in [7, 11) is 0. The van der Waals surface area contributed by atoms with E-state index in [-0.39, 0.29) is 43.4 Å². The molecule has 6 N–H and O–H groups in total. The van der Waals surface area contributed by atoms with E-state index in [0.29, 0.717) is 46.4 Å². The van der Waals surface area contributed by atoms with Crippen molar-refractivity contribution in [1.29, 1.82) is 0 Å². The van der Waals surface area contributed by atoms with Gasteiger partial charge in [-0.25, -0.2) is 4.79 Å². The zero-order valence-electron chi connectivity index (χ0n) is 31.1.